The summed E-state index contributed by atoms with van der Waals surface area (Å²) in [7, 11) is -3.62. The van der Waals surface area contributed by atoms with Crippen LogP contribution in [0.15, 0.2) is 150 Å². The topological polar surface area (TPSA) is 878 Å². The molecule has 28 N–H and O–H groups in total. The number of carboxylic acids is 7. The third-order valence-corrected chi connectivity index (χ3v) is 22.7. The van der Waals surface area contributed by atoms with Crippen LogP contribution in [0, 0.1) is 0 Å². The van der Waals surface area contributed by atoms with Gasteiger partial charge in [-0.25, -0.2) is 35.9 Å². The van der Waals surface area contributed by atoms with E-state index in [1.165, 1.54) is 127 Å². The number of carboxylic acid groups (broad SMARTS) is 7. The van der Waals surface area contributed by atoms with Crippen molar-refractivity contribution >= 4 is 172 Å². The molecular weight excluding hydrogens is 1850 g/mol. The molecule has 12 rings (SSSR count). The summed E-state index contributed by atoms with van der Waals surface area (Å²) < 4.78 is 59.1. The van der Waals surface area contributed by atoms with Gasteiger partial charge in [-0.05, 0) is 128 Å². The molecule has 56 heteroatoms. The van der Waals surface area contributed by atoms with Crippen LogP contribution in [0.2, 0.25) is 0 Å². The van der Waals surface area contributed by atoms with Gasteiger partial charge >= 0.3 is 41.8 Å². The minimum absolute atomic E-state index is 0.00770. The van der Waals surface area contributed by atoms with Gasteiger partial charge in [-0.15, -0.1) is 0 Å². The molecule has 6 amide bonds. The summed E-state index contributed by atoms with van der Waals surface area (Å²) in [5.74, 6) is -12.8. The van der Waals surface area contributed by atoms with E-state index in [4.69, 9.17) is 58.3 Å². The van der Waals surface area contributed by atoms with Gasteiger partial charge in [-0.3, -0.25) is 91.9 Å². The van der Waals surface area contributed by atoms with Crippen molar-refractivity contribution < 1.29 is 124 Å². The number of nitrogens with zero attached hydrogens (tertiary/aromatic N) is 7. The third-order valence-electron chi connectivity index (χ3n) is 19.6. The van der Waals surface area contributed by atoms with E-state index in [1.807, 2.05) is 0 Å². The van der Waals surface area contributed by atoms with E-state index in [1.54, 1.807) is 19.2 Å². The van der Waals surface area contributed by atoms with E-state index in [0.717, 1.165) is 10.4 Å². The van der Waals surface area contributed by atoms with Crippen LogP contribution in [-0.2, 0) is 89.3 Å². The van der Waals surface area contributed by atoms with Crippen molar-refractivity contribution in [2.24, 2.45) is 0 Å². The van der Waals surface area contributed by atoms with Crippen molar-refractivity contribution in [3.63, 3.8) is 0 Å². The summed E-state index contributed by atoms with van der Waals surface area (Å²) in [6.07, 6.45) is -3.67. The Labute approximate surface area is 767 Å². The Balaban J connectivity index is 0.000000205. The number of fused-ring (bicyclic) bond motifs is 4. The molecule has 54 nitrogen and oxygen atoms in total. The molecule has 4 atom stereocenters. The molecule has 137 heavy (non-hydrogen) atoms. The second-order valence-corrected chi connectivity index (χ2v) is 33.5. The van der Waals surface area contributed by atoms with Crippen LogP contribution < -0.4 is 71.2 Å². The number of hydrogen-bond donors (Lipinski definition) is 24. The summed E-state index contributed by atoms with van der Waals surface area (Å²) in [5, 5.41) is 72.1. The highest BCUT2D eigenvalue weighted by atomic mass is 32.2. The Morgan fingerprint density at radius 2 is 0.730 bits per heavy atom. The van der Waals surface area contributed by atoms with Crippen molar-refractivity contribution in [1.29, 1.82) is 0 Å². The molecule has 0 unspecified atom stereocenters. The van der Waals surface area contributed by atoms with Gasteiger partial charge in [-0.1, -0.05) is 18.2 Å². The fourth-order valence-electron chi connectivity index (χ4n) is 12.7. The minimum Gasteiger partial charge on any atom is -0.481 e. The first-order chi connectivity index (χ1) is 64.6. The van der Waals surface area contributed by atoms with Gasteiger partial charge in [0.2, 0.25) is 33.8 Å². The number of aliphatic carboxylic acids is 7. The summed E-state index contributed by atoms with van der Waals surface area (Å²) in [6.45, 7) is 0.108. The Bertz CT molecular complexity index is 7150. The molecule has 12 aromatic rings. The number of hydrogen-bond acceptors (Lipinski definition) is 31. The second-order valence-electron chi connectivity index (χ2n) is 29.7. The maximum absolute atomic E-state index is 12.9. The Morgan fingerprint density at radius 1 is 0.401 bits per heavy atom. The Kier molecular flexibility index (Phi) is 34.0. The standard InChI is InChI=1S/2C21H22N6O7.C20H22N6O8S.C19H20N6O8S/c1-27(9-13-8-14-17(23-13)25-21(22)26-19(14)32)20(33)12-4-2-11(3-5-12)18(31)24-15(34-10-28)6-7-16(29)30;1-27(9-12-8-13-16(23-12)25-21(22)26-18(13)31)19(32)11-4-2-3-10(7-11)17(30)24-14(20(33)34)5-6-15(28)29;1-26(9-11-8-13-16(22-11)24-20(21)25-18(13)30)35(33,34)12-4-2-10(3-5-12)17(29)23-14(19(31)32)6-7-15(27)28;20-19-24-15-11(17(29)25-19)7-13(23-15)34(32,33)21-8-9-1-3-10(4-2-9)16(28)22-12(18(30)31)5-6-14(26)27/h2-5,8,10,15H,6-7,9H2,1H3,(H,24,31)(H,29,30)(H4,22,23,25,26,32);2-4,7-8,14H,5-6,9H2,1H3,(H,24,30)(H,28,29)(H,33,34)(H4,22,23,25,26,31);2-5,8,14H,6-7,9H2,1H3,(H,23,29)(H,27,28)(H,31,32)(H4,21,22,24,25,30);1-4,7,12,21H,5-6,8H2,(H,22,28)(H,26,27)(H,30,31)(H4,20,23,24,25,29)/t15-;2*14-;12-/m1000/s1. The average Bonchev–Trinajstić information content (AvgIpc) is 1.65. The zero-order chi connectivity index (χ0) is 101. The normalized spacial score (nSPS) is 12.0. The molecule has 0 radical (unpaired) electrons. The van der Waals surface area contributed by atoms with E-state index < -0.39 is 157 Å². The van der Waals surface area contributed by atoms with Gasteiger partial charge in [0.15, 0.2) is 6.23 Å². The van der Waals surface area contributed by atoms with Crippen molar-refractivity contribution in [3.05, 3.63) is 219 Å². The molecular formula is C81H86N24O30S2. The molecule has 0 saturated carbocycles. The average molecular weight is 1940 g/mol. The molecule has 8 heterocycles. The van der Waals surface area contributed by atoms with Crippen molar-refractivity contribution in [1.82, 2.24) is 99.9 Å². The predicted octanol–water partition coefficient (Wildman–Crippen LogP) is -0.586. The number of ether oxygens (including phenoxy) is 1. The highest BCUT2D eigenvalue weighted by Crippen LogP contribution is 2.23. The lowest BCUT2D eigenvalue weighted by Gasteiger charge is -2.17. The van der Waals surface area contributed by atoms with Crippen molar-refractivity contribution in [3.8, 4) is 0 Å². The monoisotopic (exact) mass is 1940 g/mol. The Morgan fingerprint density at radius 3 is 1.12 bits per heavy atom. The number of aromatic nitrogens is 12. The van der Waals surface area contributed by atoms with Crippen LogP contribution in [0.5, 0.6) is 0 Å². The number of anilines is 4. The van der Waals surface area contributed by atoms with E-state index in [-0.39, 0.29) is 160 Å². The number of aromatic amines is 8. The van der Waals surface area contributed by atoms with Gasteiger partial charge in [0.25, 0.3) is 74.2 Å². The number of carbonyl (C=O) groups excluding carboxylic acids is 7. The van der Waals surface area contributed by atoms with Gasteiger partial charge < -0.3 is 114 Å². The summed E-state index contributed by atoms with van der Waals surface area (Å²) in [4.78, 5) is 249. The van der Waals surface area contributed by atoms with E-state index in [0.29, 0.717) is 44.6 Å². The quantitative estimate of drug-likeness (QED) is 0.0169. The van der Waals surface area contributed by atoms with Crippen molar-refractivity contribution in [2.75, 3.05) is 44.1 Å². The number of benzene rings is 4. The third kappa shape index (κ3) is 28.3. The zero-order valence-electron chi connectivity index (χ0n) is 71.7. The van der Waals surface area contributed by atoms with Gasteiger partial charge in [0.1, 0.15) is 45.7 Å². The van der Waals surface area contributed by atoms with Gasteiger partial charge in [0.05, 0.1) is 52.5 Å². The first kappa shape index (κ1) is 103. The Hall–Kier alpha value is -17.8. The number of amides is 6. The van der Waals surface area contributed by atoms with E-state index in [9.17, 15) is 108 Å². The maximum Gasteiger partial charge on any atom is 0.326 e. The fraction of sp³-hybridized carbons (Fsp3) is 0.235. The lowest BCUT2D eigenvalue weighted by Crippen LogP contribution is -2.41. The van der Waals surface area contributed by atoms with E-state index in [2.05, 4.69) is 85.8 Å². The van der Waals surface area contributed by atoms with Crippen LogP contribution in [0.4, 0.5) is 23.8 Å². The molecule has 0 fully saturated rings. The molecule has 4 aromatic carbocycles. The smallest absolute Gasteiger partial charge is 0.326 e. The molecule has 0 saturated heterocycles. The lowest BCUT2D eigenvalue weighted by molar-refractivity contribution is -0.142. The number of sulfonamides is 2. The van der Waals surface area contributed by atoms with Crippen LogP contribution >= 0.6 is 0 Å². The largest absolute Gasteiger partial charge is 0.481 e. The lowest BCUT2D eigenvalue weighted by atomic mass is 10.1. The summed E-state index contributed by atoms with van der Waals surface area (Å²) in [6, 6.07) is 23.4. The summed E-state index contributed by atoms with van der Waals surface area (Å²) >= 11 is 0. The number of nitrogens with two attached hydrogens (primary N) is 4. The number of H-pyrrole nitrogens is 8. The number of carbonyl (C=O) groups is 14. The van der Waals surface area contributed by atoms with Crippen LogP contribution in [-0.4, -0.2) is 256 Å². The molecule has 8 aromatic heterocycles. The van der Waals surface area contributed by atoms with Gasteiger partial charge in [0, 0.05) is 104 Å². The fourth-order valence-corrected chi connectivity index (χ4v) is 14.8. The highest BCUT2D eigenvalue weighted by Gasteiger charge is 2.30. The molecule has 722 valence electrons. The highest BCUT2D eigenvalue weighted by molar-refractivity contribution is 7.89. The predicted molar refractivity (Wildman–Crippen MR) is 477 cm³/mol. The van der Waals surface area contributed by atoms with Crippen LogP contribution in [0.1, 0.15) is 136 Å². The molecule has 0 aliphatic heterocycles. The molecule has 0 bridgehead atoms. The maximum atomic E-state index is 12.9. The first-order valence-electron chi connectivity index (χ1n) is 39.8. The second kappa shape index (κ2) is 45.3. The first-order valence-corrected chi connectivity index (χ1v) is 42.7. The van der Waals surface area contributed by atoms with Crippen LogP contribution in [0.3, 0.4) is 0 Å². The SMILES string of the molecule is CN(Cc1cc2c(=O)[nH]c(N)nc2[nH]1)C(=O)c1ccc(C(=O)N[C@@H](CCC(=O)O)OC=O)cc1.CN(Cc1cc2c(=O)[nH]c(N)nc2[nH]1)C(=O)c1cccc(C(=O)N[C@@H](CCC(=O)O)C(=O)O)c1.CN(Cc1cc2c(=O)[nH]c(N)nc2[nH]1)S(=O)(=O)c1ccc(C(=O)N[C@@H](CCC(=O)O)C(=O)O)cc1.Nc1nc2[nH]c(S(=O)(=O)NCc3ccc(C(=O)N[C@@H](CCC(=O)O)C(=O)O)cc3)cc2c(=O)[nH]1. The van der Waals surface area contributed by atoms with E-state index >= 15 is 0 Å². The summed E-state index contributed by atoms with van der Waals surface area (Å²) in [5.41, 5.74) is 23.8. The zero-order valence-corrected chi connectivity index (χ0v) is 73.3. The van der Waals surface area contributed by atoms with Crippen molar-refractivity contribution in [2.45, 2.75) is 112 Å². The number of rotatable bonds is 39. The number of nitrogen functional groups attached to an aromatic ring is 4. The van der Waals surface area contributed by atoms with Gasteiger partial charge in [-0.2, -0.15) is 24.2 Å². The minimum atomic E-state index is -4.05. The van der Waals surface area contributed by atoms with Crippen LogP contribution in [0.25, 0.3) is 44.1 Å². The molecule has 0 aliphatic rings. The molecule has 0 spiro atoms. The molecule has 0 aliphatic carbocycles. The number of nitrogens with one attached hydrogen (secondary N) is 13.